The van der Waals surface area contributed by atoms with Crippen LogP contribution < -0.4 is 5.32 Å². The first kappa shape index (κ1) is 19.7. The van der Waals surface area contributed by atoms with Gasteiger partial charge in [0, 0.05) is 12.2 Å². The van der Waals surface area contributed by atoms with Gasteiger partial charge in [-0.15, -0.1) is 0 Å². The molecule has 1 amide bonds. The molecule has 1 aromatic heterocycles. The molecule has 3 nitrogen and oxygen atoms in total. The molecule has 1 N–H and O–H groups in total. The van der Waals surface area contributed by atoms with E-state index in [4.69, 9.17) is 0 Å². The zero-order valence-corrected chi connectivity index (χ0v) is 15.3. The van der Waals surface area contributed by atoms with Gasteiger partial charge in [-0.05, 0) is 32.4 Å². The third-order valence-corrected chi connectivity index (χ3v) is 4.29. The molecule has 0 unspecified atom stereocenters. The molecule has 0 bridgehead atoms. The standard InChI is InChI=1S/C20H34N2O/c1-4-5-6-7-8-9-10-11-12-13-16-21-20(23)19-15-14-17(2)22-18(19)3/h14-15H,4-13,16H2,1-3H3,(H,21,23). The van der Waals surface area contributed by atoms with Gasteiger partial charge in [-0.3, -0.25) is 9.78 Å². The minimum absolute atomic E-state index is 0.00549. The van der Waals surface area contributed by atoms with Crippen LogP contribution in [0.1, 0.15) is 92.9 Å². The average Bonchev–Trinajstić information content (AvgIpc) is 2.52. The van der Waals surface area contributed by atoms with E-state index in [0.717, 1.165) is 24.4 Å². The lowest BCUT2D eigenvalue weighted by atomic mass is 10.1. The van der Waals surface area contributed by atoms with Crippen LogP contribution in [0.5, 0.6) is 0 Å². The van der Waals surface area contributed by atoms with Gasteiger partial charge in [0.05, 0.1) is 11.3 Å². The molecule has 1 aromatic rings. The Hall–Kier alpha value is -1.38. The van der Waals surface area contributed by atoms with Gasteiger partial charge in [-0.2, -0.15) is 0 Å². The predicted octanol–water partition coefficient (Wildman–Crippen LogP) is 5.35. The van der Waals surface area contributed by atoms with E-state index < -0.39 is 0 Å². The Labute approximate surface area is 142 Å². The third-order valence-electron chi connectivity index (χ3n) is 4.29. The monoisotopic (exact) mass is 318 g/mol. The summed E-state index contributed by atoms with van der Waals surface area (Å²) in [4.78, 5) is 16.4. The highest BCUT2D eigenvalue weighted by molar-refractivity contribution is 5.95. The summed E-state index contributed by atoms with van der Waals surface area (Å²) >= 11 is 0. The van der Waals surface area contributed by atoms with Crippen LogP contribution in [0.4, 0.5) is 0 Å². The van der Waals surface area contributed by atoms with Crippen LogP contribution >= 0.6 is 0 Å². The molecule has 1 rings (SSSR count). The Morgan fingerprint density at radius 2 is 1.48 bits per heavy atom. The molecule has 23 heavy (non-hydrogen) atoms. The topological polar surface area (TPSA) is 42.0 Å². The second-order valence-electron chi connectivity index (χ2n) is 6.52. The molecule has 0 aliphatic heterocycles. The minimum atomic E-state index is 0.00549. The van der Waals surface area contributed by atoms with Gasteiger partial charge in [0.1, 0.15) is 0 Å². The van der Waals surface area contributed by atoms with Gasteiger partial charge in [0.25, 0.3) is 5.91 Å². The molecule has 3 heteroatoms. The van der Waals surface area contributed by atoms with Crippen LogP contribution in [0.15, 0.2) is 12.1 Å². The van der Waals surface area contributed by atoms with Crippen LogP contribution in [0, 0.1) is 13.8 Å². The summed E-state index contributed by atoms with van der Waals surface area (Å²) in [6.45, 7) is 6.86. The van der Waals surface area contributed by atoms with Crippen LogP contribution in [-0.2, 0) is 0 Å². The summed E-state index contributed by atoms with van der Waals surface area (Å²) in [5.41, 5.74) is 2.46. The maximum absolute atomic E-state index is 12.1. The van der Waals surface area contributed by atoms with Crippen LogP contribution in [0.25, 0.3) is 0 Å². The predicted molar refractivity (Wildman–Crippen MR) is 97.9 cm³/mol. The van der Waals surface area contributed by atoms with Crippen molar-refractivity contribution in [1.82, 2.24) is 10.3 Å². The van der Waals surface area contributed by atoms with Gasteiger partial charge < -0.3 is 5.32 Å². The molecule has 0 fully saturated rings. The molecule has 0 aromatic carbocycles. The first-order valence-electron chi connectivity index (χ1n) is 9.37. The van der Waals surface area contributed by atoms with Crippen molar-refractivity contribution >= 4 is 5.91 Å². The third kappa shape index (κ3) is 8.73. The molecule has 0 spiro atoms. The molecule has 130 valence electrons. The highest BCUT2D eigenvalue weighted by Gasteiger charge is 2.08. The summed E-state index contributed by atoms with van der Waals surface area (Å²) in [7, 11) is 0. The number of nitrogens with zero attached hydrogens (tertiary/aromatic N) is 1. The fourth-order valence-corrected chi connectivity index (χ4v) is 2.84. The van der Waals surface area contributed by atoms with Gasteiger partial charge in [0.2, 0.25) is 0 Å². The van der Waals surface area contributed by atoms with Crippen molar-refractivity contribution in [2.75, 3.05) is 6.54 Å². The quantitative estimate of drug-likeness (QED) is 0.528. The van der Waals surface area contributed by atoms with Gasteiger partial charge in [-0.1, -0.05) is 64.7 Å². The molecule has 0 aliphatic rings. The molecule has 0 saturated heterocycles. The second kappa shape index (κ2) is 12.1. The van der Waals surface area contributed by atoms with Crippen LogP contribution in [0.2, 0.25) is 0 Å². The number of pyridine rings is 1. The van der Waals surface area contributed by atoms with E-state index in [-0.39, 0.29) is 5.91 Å². The zero-order chi connectivity index (χ0) is 16.9. The number of hydrogen-bond acceptors (Lipinski definition) is 2. The zero-order valence-electron chi connectivity index (χ0n) is 15.3. The van der Waals surface area contributed by atoms with Crippen molar-refractivity contribution < 1.29 is 4.79 Å². The van der Waals surface area contributed by atoms with Gasteiger partial charge >= 0.3 is 0 Å². The summed E-state index contributed by atoms with van der Waals surface area (Å²) in [5, 5.41) is 3.01. The van der Waals surface area contributed by atoms with E-state index in [1.165, 1.54) is 57.8 Å². The summed E-state index contributed by atoms with van der Waals surface area (Å²) in [5.74, 6) is 0.00549. The van der Waals surface area contributed by atoms with E-state index in [2.05, 4.69) is 17.2 Å². The van der Waals surface area contributed by atoms with E-state index in [1.54, 1.807) is 0 Å². The number of rotatable bonds is 12. The molecule has 0 radical (unpaired) electrons. The number of amides is 1. The molecule has 1 heterocycles. The molecular weight excluding hydrogens is 284 g/mol. The number of unbranched alkanes of at least 4 members (excludes halogenated alkanes) is 9. The van der Waals surface area contributed by atoms with E-state index in [1.807, 2.05) is 26.0 Å². The Balaban J connectivity index is 2.01. The maximum atomic E-state index is 12.1. The minimum Gasteiger partial charge on any atom is -0.352 e. The number of hydrogen-bond donors (Lipinski definition) is 1. The average molecular weight is 319 g/mol. The van der Waals surface area contributed by atoms with Crippen molar-refractivity contribution in [1.29, 1.82) is 0 Å². The second-order valence-corrected chi connectivity index (χ2v) is 6.52. The summed E-state index contributed by atoms with van der Waals surface area (Å²) in [6, 6.07) is 3.76. The molecular formula is C20H34N2O. The van der Waals surface area contributed by atoms with Crippen molar-refractivity contribution in [3.63, 3.8) is 0 Å². The lowest BCUT2D eigenvalue weighted by Crippen LogP contribution is -2.25. The smallest absolute Gasteiger partial charge is 0.253 e. The van der Waals surface area contributed by atoms with Crippen LogP contribution in [0.3, 0.4) is 0 Å². The Morgan fingerprint density at radius 3 is 2.04 bits per heavy atom. The number of aromatic nitrogens is 1. The van der Waals surface area contributed by atoms with E-state index >= 15 is 0 Å². The van der Waals surface area contributed by atoms with Crippen molar-refractivity contribution in [2.45, 2.75) is 85.0 Å². The highest BCUT2D eigenvalue weighted by atomic mass is 16.1. The Kier molecular flexibility index (Phi) is 10.3. The van der Waals surface area contributed by atoms with Crippen molar-refractivity contribution in [2.24, 2.45) is 0 Å². The Bertz CT molecular complexity index is 457. The van der Waals surface area contributed by atoms with E-state index in [9.17, 15) is 4.79 Å². The number of nitrogens with one attached hydrogen (secondary N) is 1. The van der Waals surface area contributed by atoms with Crippen molar-refractivity contribution in [3.8, 4) is 0 Å². The van der Waals surface area contributed by atoms with Crippen LogP contribution in [-0.4, -0.2) is 17.4 Å². The lowest BCUT2D eigenvalue weighted by molar-refractivity contribution is 0.0952. The maximum Gasteiger partial charge on any atom is 0.253 e. The summed E-state index contributed by atoms with van der Waals surface area (Å²) in [6.07, 6.45) is 13.2. The van der Waals surface area contributed by atoms with Gasteiger partial charge in [-0.25, -0.2) is 0 Å². The molecule has 0 aliphatic carbocycles. The fourth-order valence-electron chi connectivity index (χ4n) is 2.84. The Morgan fingerprint density at radius 1 is 0.913 bits per heavy atom. The normalized spacial score (nSPS) is 10.7. The SMILES string of the molecule is CCCCCCCCCCCCNC(=O)c1ccc(C)nc1C. The first-order valence-corrected chi connectivity index (χ1v) is 9.37. The fraction of sp³-hybridized carbons (Fsp3) is 0.700. The van der Waals surface area contributed by atoms with E-state index in [0.29, 0.717) is 5.56 Å². The molecule has 0 saturated carbocycles. The number of carbonyl (C=O) groups excluding carboxylic acids is 1. The lowest BCUT2D eigenvalue weighted by Gasteiger charge is -2.08. The highest BCUT2D eigenvalue weighted by Crippen LogP contribution is 2.10. The number of carbonyl (C=O) groups is 1. The number of aryl methyl sites for hydroxylation is 2. The van der Waals surface area contributed by atoms with Gasteiger partial charge in [0.15, 0.2) is 0 Å². The summed E-state index contributed by atoms with van der Waals surface area (Å²) < 4.78 is 0. The van der Waals surface area contributed by atoms with Crippen molar-refractivity contribution in [3.05, 3.63) is 29.1 Å². The molecule has 0 atom stereocenters. The first-order chi connectivity index (χ1) is 11.1. The largest absolute Gasteiger partial charge is 0.352 e.